The van der Waals surface area contributed by atoms with Gasteiger partial charge >= 0.3 is 0 Å². The molecular weight excluding hydrogens is 296 g/mol. The molecule has 24 heavy (non-hydrogen) atoms. The summed E-state index contributed by atoms with van der Waals surface area (Å²) in [5.74, 6) is 0.113. The zero-order valence-corrected chi connectivity index (χ0v) is 14.7. The maximum absolute atomic E-state index is 11.6. The Bertz CT molecular complexity index is 681. The number of piperazine rings is 1. The average Bonchev–Trinajstić information content (AvgIpc) is 2.60. The fourth-order valence-electron chi connectivity index (χ4n) is 3.52. The van der Waals surface area contributed by atoms with Crippen molar-refractivity contribution in [1.29, 1.82) is 0 Å². The van der Waals surface area contributed by atoms with E-state index in [4.69, 9.17) is 0 Å². The van der Waals surface area contributed by atoms with Crippen molar-refractivity contribution in [2.75, 3.05) is 13.1 Å². The third-order valence-electron chi connectivity index (χ3n) is 4.89. The number of carbonyl (C=O) groups excluding carboxylic acids is 1. The highest BCUT2D eigenvalue weighted by Crippen LogP contribution is 2.31. The average molecular weight is 322 g/mol. The van der Waals surface area contributed by atoms with Crippen LogP contribution in [-0.4, -0.2) is 35.9 Å². The molecule has 1 aliphatic rings. The molecule has 2 aromatic carbocycles. The highest BCUT2D eigenvalue weighted by molar-refractivity contribution is 5.94. The van der Waals surface area contributed by atoms with Gasteiger partial charge in [-0.25, -0.2) is 0 Å². The van der Waals surface area contributed by atoms with Crippen LogP contribution in [0.3, 0.4) is 0 Å². The number of Topliss-reactive ketones (excluding diaryl/α,β-unsaturated/α-hetero) is 1. The molecule has 1 N–H and O–H groups in total. The first kappa shape index (κ1) is 16.9. The molecule has 0 aliphatic carbocycles. The molecule has 1 aliphatic heterocycles. The molecule has 0 radical (unpaired) electrons. The number of nitrogens with one attached hydrogen (secondary N) is 1. The topological polar surface area (TPSA) is 32.3 Å². The number of benzene rings is 2. The van der Waals surface area contributed by atoms with E-state index in [1.807, 2.05) is 12.1 Å². The number of hydrogen-bond acceptors (Lipinski definition) is 3. The van der Waals surface area contributed by atoms with Gasteiger partial charge in [0.25, 0.3) is 0 Å². The predicted molar refractivity (Wildman–Crippen MR) is 98.4 cm³/mol. The van der Waals surface area contributed by atoms with Crippen molar-refractivity contribution in [3.8, 4) is 0 Å². The van der Waals surface area contributed by atoms with Gasteiger partial charge < -0.3 is 5.32 Å². The van der Waals surface area contributed by atoms with Crippen LogP contribution in [0.25, 0.3) is 0 Å². The van der Waals surface area contributed by atoms with Gasteiger partial charge in [0.1, 0.15) is 0 Å². The van der Waals surface area contributed by atoms with Crippen molar-refractivity contribution in [3.05, 3.63) is 71.3 Å². The van der Waals surface area contributed by atoms with Gasteiger partial charge in [0.2, 0.25) is 0 Å². The molecule has 3 atom stereocenters. The summed E-state index contributed by atoms with van der Waals surface area (Å²) in [4.78, 5) is 14.1. The maximum Gasteiger partial charge on any atom is 0.159 e. The summed E-state index contributed by atoms with van der Waals surface area (Å²) in [6.07, 6.45) is 0. The monoisotopic (exact) mass is 322 g/mol. The summed E-state index contributed by atoms with van der Waals surface area (Å²) in [6, 6.07) is 19.9. The van der Waals surface area contributed by atoms with E-state index < -0.39 is 0 Å². The molecule has 0 bridgehead atoms. The van der Waals surface area contributed by atoms with E-state index in [0.717, 1.165) is 18.7 Å². The van der Waals surface area contributed by atoms with E-state index in [2.05, 4.69) is 66.5 Å². The molecule has 0 amide bonds. The first-order valence-electron chi connectivity index (χ1n) is 8.71. The second-order valence-corrected chi connectivity index (χ2v) is 6.85. The molecule has 1 saturated heterocycles. The lowest BCUT2D eigenvalue weighted by Crippen LogP contribution is -2.55. The smallest absolute Gasteiger partial charge is 0.159 e. The van der Waals surface area contributed by atoms with Crippen LogP contribution < -0.4 is 5.32 Å². The third kappa shape index (κ3) is 3.58. The Hall–Kier alpha value is -1.97. The van der Waals surface area contributed by atoms with Crippen molar-refractivity contribution in [3.63, 3.8) is 0 Å². The minimum absolute atomic E-state index is 0.113. The van der Waals surface area contributed by atoms with E-state index >= 15 is 0 Å². The Morgan fingerprint density at radius 2 is 1.67 bits per heavy atom. The van der Waals surface area contributed by atoms with Gasteiger partial charge in [0.15, 0.2) is 5.78 Å². The van der Waals surface area contributed by atoms with Gasteiger partial charge in [0, 0.05) is 30.7 Å². The quantitative estimate of drug-likeness (QED) is 0.872. The zero-order valence-electron chi connectivity index (χ0n) is 14.7. The summed E-state index contributed by atoms with van der Waals surface area (Å²) in [6.45, 7) is 8.13. The van der Waals surface area contributed by atoms with Crippen LogP contribution >= 0.6 is 0 Å². The molecule has 3 rings (SSSR count). The number of rotatable bonds is 4. The van der Waals surface area contributed by atoms with E-state index in [0.29, 0.717) is 12.1 Å². The van der Waals surface area contributed by atoms with Gasteiger partial charge in [0.05, 0.1) is 6.04 Å². The summed E-state index contributed by atoms with van der Waals surface area (Å²) in [5, 5.41) is 3.56. The number of hydrogen-bond donors (Lipinski definition) is 1. The van der Waals surface area contributed by atoms with Crippen molar-refractivity contribution < 1.29 is 4.79 Å². The van der Waals surface area contributed by atoms with E-state index in [-0.39, 0.29) is 11.8 Å². The van der Waals surface area contributed by atoms with Crippen LogP contribution in [0.1, 0.15) is 48.3 Å². The first-order valence-corrected chi connectivity index (χ1v) is 8.71. The molecule has 1 unspecified atom stereocenters. The second kappa shape index (κ2) is 7.29. The highest BCUT2D eigenvalue weighted by atomic mass is 16.1. The Morgan fingerprint density at radius 3 is 2.29 bits per heavy atom. The zero-order chi connectivity index (χ0) is 17.1. The SMILES string of the molecule is CC(=O)c1ccc(C(c2ccccc2)N2C[C@@H](C)NC[C@@H]2C)cc1. The number of ketones is 1. The minimum atomic E-state index is 0.113. The molecular formula is C21H26N2O. The lowest BCUT2D eigenvalue weighted by Gasteiger charge is -2.43. The van der Waals surface area contributed by atoms with Crippen LogP contribution in [-0.2, 0) is 0 Å². The van der Waals surface area contributed by atoms with Gasteiger partial charge in [-0.05, 0) is 31.9 Å². The molecule has 0 aromatic heterocycles. The predicted octanol–water partition coefficient (Wildman–Crippen LogP) is 3.66. The normalized spacial score (nSPS) is 23.0. The Balaban J connectivity index is 2.00. The molecule has 3 nitrogen and oxygen atoms in total. The maximum atomic E-state index is 11.6. The lowest BCUT2D eigenvalue weighted by molar-refractivity contribution is 0.101. The summed E-state index contributed by atoms with van der Waals surface area (Å²) in [5.41, 5.74) is 3.31. The van der Waals surface area contributed by atoms with Crippen LogP contribution in [0.4, 0.5) is 0 Å². The van der Waals surface area contributed by atoms with Crippen molar-refractivity contribution in [1.82, 2.24) is 10.2 Å². The van der Waals surface area contributed by atoms with Crippen LogP contribution in [0.2, 0.25) is 0 Å². The lowest BCUT2D eigenvalue weighted by atomic mass is 9.93. The van der Waals surface area contributed by atoms with E-state index in [1.165, 1.54) is 11.1 Å². The van der Waals surface area contributed by atoms with Crippen molar-refractivity contribution in [2.45, 2.75) is 38.9 Å². The van der Waals surface area contributed by atoms with E-state index in [1.54, 1.807) is 6.92 Å². The van der Waals surface area contributed by atoms with E-state index in [9.17, 15) is 4.79 Å². The van der Waals surface area contributed by atoms with Crippen molar-refractivity contribution >= 4 is 5.78 Å². The first-order chi connectivity index (χ1) is 11.6. The molecule has 0 saturated carbocycles. The van der Waals surface area contributed by atoms with Crippen molar-refractivity contribution in [2.24, 2.45) is 0 Å². The number of nitrogens with zero attached hydrogens (tertiary/aromatic N) is 1. The summed E-state index contributed by atoms with van der Waals surface area (Å²) < 4.78 is 0. The fourth-order valence-corrected chi connectivity index (χ4v) is 3.52. The second-order valence-electron chi connectivity index (χ2n) is 6.85. The molecule has 1 heterocycles. The molecule has 3 heteroatoms. The van der Waals surface area contributed by atoms with Crippen LogP contribution in [0.5, 0.6) is 0 Å². The van der Waals surface area contributed by atoms with Crippen LogP contribution in [0.15, 0.2) is 54.6 Å². The van der Waals surface area contributed by atoms with Crippen LogP contribution in [0, 0.1) is 0 Å². The fraction of sp³-hybridized carbons (Fsp3) is 0.381. The van der Waals surface area contributed by atoms with Gasteiger partial charge in [-0.3, -0.25) is 9.69 Å². The van der Waals surface area contributed by atoms with Gasteiger partial charge in [-0.1, -0.05) is 54.6 Å². The Morgan fingerprint density at radius 1 is 1.04 bits per heavy atom. The number of carbonyl (C=O) groups is 1. The standard InChI is InChI=1S/C21H26N2O/c1-15-14-23(16(2)13-22-15)21(19-7-5-4-6-8-19)20-11-9-18(10-12-20)17(3)24/h4-12,15-16,21-22H,13-14H2,1-3H3/t15-,16+,21?/m1/s1. The Kier molecular flexibility index (Phi) is 5.12. The third-order valence-corrected chi connectivity index (χ3v) is 4.89. The molecule has 1 fully saturated rings. The summed E-state index contributed by atoms with van der Waals surface area (Å²) in [7, 11) is 0. The molecule has 2 aromatic rings. The molecule has 126 valence electrons. The minimum Gasteiger partial charge on any atom is -0.311 e. The largest absolute Gasteiger partial charge is 0.311 e. The summed E-state index contributed by atoms with van der Waals surface area (Å²) >= 11 is 0. The highest BCUT2D eigenvalue weighted by Gasteiger charge is 2.30. The van der Waals surface area contributed by atoms with Gasteiger partial charge in [-0.2, -0.15) is 0 Å². The van der Waals surface area contributed by atoms with Gasteiger partial charge in [-0.15, -0.1) is 0 Å². The Labute approximate surface area is 144 Å². The molecule has 0 spiro atoms.